The lowest BCUT2D eigenvalue weighted by Gasteiger charge is -2.20. The number of anilines is 2. The maximum absolute atomic E-state index is 13.8. The van der Waals surface area contributed by atoms with Gasteiger partial charge in [-0.1, -0.05) is 0 Å². The number of nitrogens with one attached hydrogen (secondary N) is 1. The van der Waals surface area contributed by atoms with E-state index in [1.54, 1.807) is 16.7 Å². The zero-order valence-corrected chi connectivity index (χ0v) is 17.9. The van der Waals surface area contributed by atoms with Crippen LogP contribution in [0.3, 0.4) is 0 Å². The monoisotopic (exact) mass is 445 g/mol. The Kier molecular flexibility index (Phi) is 5.82. The molecule has 168 valence electrons. The fraction of sp³-hybridized carbons (Fsp3) is 0.304. The highest BCUT2D eigenvalue weighted by molar-refractivity contribution is 5.65. The lowest BCUT2D eigenvalue weighted by Crippen LogP contribution is -2.23. The molecule has 9 heteroatoms. The highest BCUT2D eigenvalue weighted by Gasteiger charge is 2.23. The van der Waals surface area contributed by atoms with Gasteiger partial charge in [0.1, 0.15) is 0 Å². The molecule has 1 aliphatic rings. The van der Waals surface area contributed by atoms with Crippen LogP contribution in [0, 0.1) is 24.4 Å². The quantitative estimate of drug-likeness (QED) is 0.575. The molecule has 0 atom stereocenters. The van der Waals surface area contributed by atoms with E-state index in [9.17, 15) is 18.0 Å². The molecule has 1 N–H and O–H groups in total. The number of halogens is 3. The molecule has 3 aromatic rings. The highest BCUT2D eigenvalue weighted by atomic mass is 19.2. The number of nitrogens with zero attached hydrogens (tertiary/aromatic N) is 2. The Balaban J connectivity index is 1.82. The van der Waals surface area contributed by atoms with E-state index < -0.39 is 17.5 Å². The Hall–Kier alpha value is -3.49. The summed E-state index contributed by atoms with van der Waals surface area (Å²) in [5, 5.41) is 3.15. The molecular weight excluding hydrogens is 423 g/mol. The van der Waals surface area contributed by atoms with Crippen LogP contribution in [0.15, 0.2) is 29.1 Å². The largest absolute Gasteiger partial charge is 0.493 e. The molecule has 0 amide bonds. The Bertz CT molecular complexity index is 1230. The molecule has 1 aliphatic carbocycles. The van der Waals surface area contributed by atoms with Crippen molar-refractivity contribution in [2.45, 2.75) is 32.7 Å². The summed E-state index contributed by atoms with van der Waals surface area (Å²) in [4.78, 5) is 16.8. The molecule has 0 aliphatic heterocycles. The normalized spacial score (nSPS) is 12.6. The molecule has 1 heterocycles. The van der Waals surface area contributed by atoms with E-state index in [1.807, 2.05) is 6.92 Å². The van der Waals surface area contributed by atoms with Gasteiger partial charge in [0.15, 0.2) is 29.0 Å². The minimum absolute atomic E-state index is 0.0123. The van der Waals surface area contributed by atoms with Gasteiger partial charge in [0.2, 0.25) is 5.95 Å². The van der Waals surface area contributed by atoms with Crippen LogP contribution >= 0.6 is 0 Å². The molecule has 0 radical (unpaired) electrons. The number of hydrogen-bond donors (Lipinski definition) is 1. The predicted molar refractivity (Wildman–Crippen MR) is 114 cm³/mol. The van der Waals surface area contributed by atoms with Gasteiger partial charge in [-0.2, -0.15) is 4.98 Å². The number of ether oxygens (including phenoxy) is 2. The first-order valence-electron chi connectivity index (χ1n) is 10.1. The topological polar surface area (TPSA) is 65.4 Å². The van der Waals surface area contributed by atoms with E-state index in [1.165, 1.54) is 14.2 Å². The lowest BCUT2D eigenvalue weighted by molar-refractivity contribution is 0.355. The molecular formula is C23H22F3N3O3. The summed E-state index contributed by atoms with van der Waals surface area (Å²) >= 11 is 0. The van der Waals surface area contributed by atoms with Crippen molar-refractivity contribution in [3.63, 3.8) is 0 Å². The average molecular weight is 445 g/mol. The molecule has 0 saturated heterocycles. The first-order chi connectivity index (χ1) is 15.3. The second-order valence-corrected chi connectivity index (χ2v) is 7.63. The summed E-state index contributed by atoms with van der Waals surface area (Å²) in [5.41, 5.74) is 2.64. The first kappa shape index (κ1) is 21.7. The van der Waals surface area contributed by atoms with Gasteiger partial charge < -0.3 is 19.4 Å². The Morgan fingerprint density at radius 1 is 1.03 bits per heavy atom. The van der Waals surface area contributed by atoms with E-state index in [-0.39, 0.29) is 23.6 Å². The number of aryl methyl sites for hydroxylation is 1. The van der Waals surface area contributed by atoms with Crippen molar-refractivity contribution in [2.24, 2.45) is 0 Å². The van der Waals surface area contributed by atoms with Gasteiger partial charge in [-0.15, -0.1) is 0 Å². The number of aromatic nitrogens is 2. The van der Waals surface area contributed by atoms with Crippen molar-refractivity contribution >= 4 is 11.6 Å². The smallest absolute Gasteiger partial charge is 0.277 e. The van der Waals surface area contributed by atoms with Gasteiger partial charge in [0, 0.05) is 23.0 Å². The third kappa shape index (κ3) is 3.90. The van der Waals surface area contributed by atoms with Gasteiger partial charge in [-0.05, 0) is 55.5 Å². The summed E-state index contributed by atoms with van der Waals surface area (Å²) in [6, 6.07) is 5.39. The maximum Gasteiger partial charge on any atom is 0.277 e. The summed E-state index contributed by atoms with van der Waals surface area (Å²) in [6.07, 6.45) is 1.99. The van der Waals surface area contributed by atoms with Crippen molar-refractivity contribution < 1.29 is 22.6 Å². The Labute approximate surface area is 182 Å². The van der Waals surface area contributed by atoms with Crippen LogP contribution in [0.25, 0.3) is 0 Å². The standard InChI is InChI=1S/C23H22F3N3O3/c1-12-7-19(31-2)20(32-3)10-17(12)27-23-28-22(30)14-5-4-6-18(14)29(23)11-13-8-15(24)21(26)16(25)9-13/h7-10H,4-6,11H2,1-3H3,(H,27,28,30). The minimum atomic E-state index is -1.52. The molecule has 6 nitrogen and oxygen atoms in total. The first-order valence-corrected chi connectivity index (χ1v) is 10.1. The third-order valence-corrected chi connectivity index (χ3v) is 5.60. The lowest BCUT2D eigenvalue weighted by atomic mass is 10.1. The molecule has 4 rings (SSSR count). The van der Waals surface area contributed by atoms with Crippen LogP contribution < -0.4 is 20.3 Å². The van der Waals surface area contributed by atoms with Crippen molar-refractivity contribution in [1.82, 2.24) is 9.55 Å². The van der Waals surface area contributed by atoms with Gasteiger partial charge >= 0.3 is 0 Å². The van der Waals surface area contributed by atoms with Crippen LogP contribution in [0.4, 0.5) is 24.8 Å². The van der Waals surface area contributed by atoms with Crippen molar-refractivity contribution in [3.8, 4) is 11.5 Å². The summed E-state index contributed by atoms with van der Waals surface area (Å²) in [5.74, 6) is -2.80. The van der Waals surface area contributed by atoms with Crippen LogP contribution in [0.1, 0.15) is 28.8 Å². The number of fused-ring (bicyclic) bond motifs is 1. The Morgan fingerprint density at radius 2 is 1.69 bits per heavy atom. The summed E-state index contributed by atoms with van der Waals surface area (Å²) < 4.78 is 53.4. The predicted octanol–water partition coefficient (Wildman–Crippen LogP) is 4.27. The van der Waals surface area contributed by atoms with Crippen molar-refractivity contribution in [2.75, 3.05) is 19.5 Å². The van der Waals surface area contributed by atoms with E-state index in [2.05, 4.69) is 10.3 Å². The van der Waals surface area contributed by atoms with Gasteiger partial charge in [-0.3, -0.25) is 4.79 Å². The summed E-state index contributed by atoms with van der Waals surface area (Å²) in [6.45, 7) is 1.86. The van der Waals surface area contributed by atoms with E-state index in [0.29, 0.717) is 35.6 Å². The van der Waals surface area contributed by atoms with Crippen LogP contribution in [-0.4, -0.2) is 23.8 Å². The fourth-order valence-corrected chi connectivity index (χ4v) is 3.99. The Morgan fingerprint density at radius 3 is 2.34 bits per heavy atom. The van der Waals surface area contributed by atoms with Crippen LogP contribution in [-0.2, 0) is 19.4 Å². The van der Waals surface area contributed by atoms with Crippen LogP contribution in [0.2, 0.25) is 0 Å². The van der Waals surface area contributed by atoms with Crippen LogP contribution in [0.5, 0.6) is 11.5 Å². The average Bonchev–Trinajstić information content (AvgIpc) is 3.26. The minimum Gasteiger partial charge on any atom is -0.493 e. The molecule has 0 fully saturated rings. The zero-order valence-electron chi connectivity index (χ0n) is 17.9. The second-order valence-electron chi connectivity index (χ2n) is 7.63. The third-order valence-electron chi connectivity index (χ3n) is 5.60. The molecule has 32 heavy (non-hydrogen) atoms. The highest BCUT2D eigenvalue weighted by Crippen LogP contribution is 2.34. The molecule has 2 aromatic carbocycles. The number of benzene rings is 2. The maximum atomic E-state index is 13.8. The molecule has 0 unspecified atom stereocenters. The molecule has 0 spiro atoms. The van der Waals surface area contributed by atoms with E-state index >= 15 is 0 Å². The van der Waals surface area contributed by atoms with Gasteiger partial charge in [0.05, 0.1) is 20.8 Å². The van der Waals surface area contributed by atoms with Crippen molar-refractivity contribution in [1.29, 1.82) is 0 Å². The number of methoxy groups -OCH3 is 2. The van der Waals surface area contributed by atoms with E-state index in [0.717, 1.165) is 29.8 Å². The number of rotatable bonds is 6. The SMILES string of the molecule is COc1cc(C)c(Nc2nc(=O)c3c(n2Cc2cc(F)c(F)c(F)c2)CCC3)cc1OC. The zero-order chi connectivity index (χ0) is 23.0. The molecule has 0 bridgehead atoms. The number of hydrogen-bond acceptors (Lipinski definition) is 5. The molecule has 0 saturated carbocycles. The van der Waals surface area contributed by atoms with Gasteiger partial charge in [-0.25, -0.2) is 13.2 Å². The fourth-order valence-electron chi connectivity index (χ4n) is 3.99. The van der Waals surface area contributed by atoms with E-state index in [4.69, 9.17) is 9.47 Å². The second kappa shape index (κ2) is 8.57. The summed E-state index contributed by atoms with van der Waals surface area (Å²) in [7, 11) is 3.04. The van der Waals surface area contributed by atoms with Gasteiger partial charge in [0.25, 0.3) is 5.56 Å². The molecule has 1 aromatic heterocycles. The van der Waals surface area contributed by atoms with Crippen molar-refractivity contribution in [3.05, 3.63) is 74.5 Å².